The van der Waals surface area contributed by atoms with Crippen LogP contribution in [-0.2, 0) is 11.3 Å². The summed E-state index contributed by atoms with van der Waals surface area (Å²) in [6.07, 6.45) is 0.965. The summed E-state index contributed by atoms with van der Waals surface area (Å²) in [5.41, 5.74) is 3.84. The molecule has 0 aliphatic heterocycles. The van der Waals surface area contributed by atoms with Crippen molar-refractivity contribution in [2.45, 2.75) is 46.7 Å². The largest absolute Gasteiger partial charge is 0.353 e. The van der Waals surface area contributed by atoms with E-state index in [1.54, 1.807) is 0 Å². The minimum atomic E-state index is 0.0987. The summed E-state index contributed by atoms with van der Waals surface area (Å²) in [7, 11) is 1.98. The molecule has 0 aliphatic carbocycles. The molecule has 0 fully saturated rings. The fourth-order valence-corrected chi connectivity index (χ4v) is 2.04. The first-order chi connectivity index (χ1) is 8.92. The van der Waals surface area contributed by atoms with E-state index in [1.165, 1.54) is 16.7 Å². The Morgan fingerprint density at radius 3 is 2.63 bits per heavy atom. The number of rotatable bonds is 6. The molecular formula is C16H26N2O. The Morgan fingerprint density at radius 2 is 2.05 bits per heavy atom. The predicted octanol–water partition coefficient (Wildman–Crippen LogP) is 2.65. The van der Waals surface area contributed by atoms with E-state index in [9.17, 15) is 4.79 Å². The molecule has 0 saturated heterocycles. The van der Waals surface area contributed by atoms with Crippen molar-refractivity contribution in [1.29, 1.82) is 0 Å². The van der Waals surface area contributed by atoms with Gasteiger partial charge < -0.3 is 5.32 Å². The Labute approximate surface area is 117 Å². The van der Waals surface area contributed by atoms with Crippen LogP contribution in [0.25, 0.3) is 0 Å². The number of likely N-dealkylation sites (N-methyl/N-ethyl adjacent to an activating group) is 1. The summed E-state index contributed by atoms with van der Waals surface area (Å²) in [6.45, 7) is 9.57. The number of hydrogen-bond acceptors (Lipinski definition) is 2. The standard InChI is InChI=1S/C16H26N2O/c1-6-14(4)17-16(19)11-18(5)10-15-8-7-12(2)9-13(15)3/h7-9,14H,6,10-11H2,1-5H3,(H,17,19)/t14-/m1/s1. The van der Waals surface area contributed by atoms with Gasteiger partial charge in [0.2, 0.25) is 5.91 Å². The van der Waals surface area contributed by atoms with Crippen LogP contribution in [-0.4, -0.2) is 30.4 Å². The normalized spacial score (nSPS) is 12.5. The molecule has 3 nitrogen and oxygen atoms in total. The van der Waals surface area contributed by atoms with E-state index >= 15 is 0 Å². The lowest BCUT2D eigenvalue weighted by Gasteiger charge is -2.19. The van der Waals surface area contributed by atoms with Crippen molar-refractivity contribution >= 4 is 5.91 Å². The van der Waals surface area contributed by atoms with Crippen LogP contribution < -0.4 is 5.32 Å². The minimum absolute atomic E-state index is 0.0987. The molecule has 3 heteroatoms. The van der Waals surface area contributed by atoms with Crippen LogP contribution in [0.5, 0.6) is 0 Å². The third-order valence-electron chi connectivity index (χ3n) is 3.37. The highest BCUT2D eigenvalue weighted by molar-refractivity contribution is 5.78. The first kappa shape index (κ1) is 15.7. The van der Waals surface area contributed by atoms with Crippen LogP contribution in [0.15, 0.2) is 18.2 Å². The Balaban J connectivity index is 2.50. The maximum atomic E-state index is 11.8. The SMILES string of the molecule is CC[C@@H](C)NC(=O)CN(C)Cc1ccc(C)cc1C. The molecule has 106 valence electrons. The van der Waals surface area contributed by atoms with Crippen molar-refractivity contribution < 1.29 is 4.79 Å². The topological polar surface area (TPSA) is 32.3 Å². The average molecular weight is 262 g/mol. The highest BCUT2D eigenvalue weighted by atomic mass is 16.2. The van der Waals surface area contributed by atoms with E-state index in [0.717, 1.165) is 13.0 Å². The first-order valence-corrected chi connectivity index (χ1v) is 6.96. The molecule has 1 aromatic carbocycles. The average Bonchev–Trinajstić information content (AvgIpc) is 2.32. The van der Waals surface area contributed by atoms with Gasteiger partial charge in [0, 0.05) is 12.6 Å². The van der Waals surface area contributed by atoms with Crippen LogP contribution in [0.3, 0.4) is 0 Å². The zero-order chi connectivity index (χ0) is 14.4. The quantitative estimate of drug-likeness (QED) is 0.855. The molecule has 1 amide bonds. The molecule has 19 heavy (non-hydrogen) atoms. The van der Waals surface area contributed by atoms with Crippen molar-refractivity contribution in [3.63, 3.8) is 0 Å². The summed E-state index contributed by atoms with van der Waals surface area (Å²) < 4.78 is 0. The number of hydrogen-bond donors (Lipinski definition) is 1. The molecule has 0 unspecified atom stereocenters. The fourth-order valence-electron chi connectivity index (χ4n) is 2.04. The maximum Gasteiger partial charge on any atom is 0.234 e. The molecular weight excluding hydrogens is 236 g/mol. The van der Waals surface area contributed by atoms with Gasteiger partial charge in [-0.15, -0.1) is 0 Å². The van der Waals surface area contributed by atoms with Gasteiger partial charge in [-0.2, -0.15) is 0 Å². The lowest BCUT2D eigenvalue weighted by molar-refractivity contribution is -0.122. The van der Waals surface area contributed by atoms with Gasteiger partial charge in [0.1, 0.15) is 0 Å². The van der Waals surface area contributed by atoms with Crippen molar-refractivity contribution in [1.82, 2.24) is 10.2 Å². The Morgan fingerprint density at radius 1 is 1.37 bits per heavy atom. The number of nitrogens with one attached hydrogen (secondary N) is 1. The molecule has 0 heterocycles. The minimum Gasteiger partial charge on any atom is -0.353 e. The van der Waals surface area contributed by atoms with Crippen LogP contribution >= 0.6 is 0 Å². The molecule has 0 aliphatic rings. The van der Waals surface area contributed by atoms with Crippen LogP contribution in [0.2, 0.25) is 0 Å². The summed E-state index contributed by atoms with van der Waals surface area (Å²) in [6, 6.07) is 6.70. The Bertz CT molecular complexity index is 429. The van der Waals surface area contributed by atoms with E-state index in [1.807, 2.05) is 14.0 Å². The van der Waals surface area contributed by atoms with Crippen LogP contribution in [0.1, 0.15) is 37.0 Å². The second-order valence-electron chi connectivity index (χ2n) is 5.48. The number of carbonyl (C=O) groups excluding carboxylic acids is 1. The van der Waals surface area contributed by atoms with Gasteiger partial charge in [-0.05, 0) is 45.4 Å². The number of benzene rings is 1. The molecule has 0 aromatic heterocycles. The van der Waals surface area contributed by atoms with Crippen molar-refractivity contribution in [3.05, 3.63) is 34.9 Å². The van der Waals surface area contributed by atoms with Crippen LogP contribution in [0, 0.1) is 13.8 Å². The lowest BCUT2D eigenvalue weighted by atomic mass is 10.1. The zero-order valence-electron chi connectivity index (χ0n) is 12.8. The predicted molar refractivity (Wildman–Crippen MR) is 80.1 cm³/mol. The van der Waals surface area contributed by atoms with Crippen LogP contribution in [0.4, 0.5) is 0 Å². The third kappa shape index (κ3) is 5.43. The smallest absolute Gasteiger partial charge is 0.234 e. The van der Waals surface area contributed by atoms with E-state index in [0.29, 0.717) is 6.54 Å². The zero-order valence-corrected chi connectivity index (χ0v) is 12.8. The molecule has 1 rings (SSSR count). The van der Waals surface area contributed by atoms with E-state index < -0.39 is 0 Å². The van der Waals surface area contributed by atoms with E-state index in [4.69, 9.17) is 0 Å². The monoisotopic (exact) mass is 262 g/mol. The van der Waals surface area contributed by atoms with Gasteiger partial charge in [-0.25, -0.2) is 0 Å². The summed E-state index contributed by atoms with van der Waals surface area (Å²) in [5, 5.41) is 2.99. The highest BCUT2D eigenvalue weighted by Gasteiger charge is 2.10. The highest BCUT2D eigenvalue weighted by Crippen LogP contribution is 2.12. The Hall–Kier alpha value is -1.35. The van der Waals surface area contributed by atoms with E-state index in [2.05, 4.69) is 49.2 Å². The van der Waals surface area contributed by atoms with Gasteiger partial charge in [0.25, 0.3) is 0 Å². The fraction of sp³-hybridized carbons (Fsp3) is 0.562. The third-order valence-corrected chi connectivity index (χ3v) is 3.37. The van der Waals surface area contributed by atoms with Gasteiger partial charge in [-0.3, -0.25) is 9.69 Å². The number of aryl methyl sites for hydroxylation is 2. The second-order valence-corrected chi connectivity index (χ2v) is 5.48. The molecule has 1 N–H and O–H groups in total. The summed E-state index contributed by atoms with van der Waals surface area (Å²) >= 11 is 0. The van der Waals surface area contributed by atoms with Gasteiger partial charge >= 0.3 is 0 Å². The molecule has 1 atom stereocenters. The van der Waals surface area contributed by atoms with Crippen molar-refractivity contribution in [3.8, 4) is 0 Å². The molecule has 0 saturated carbocycles. The van der Waals surface area contributed by atoms with Crippen molar-refractivity contribution in [2.75, 3.05) is 13.6 Å². The number of nitrogens with zero attached hydrogens (tertiary/aromatic N) is 1. The van der Waals surface area contributed by atoms with Gasteiger partial charge in [0.05, 0.1) is 6.54 Å². The second kappa shape index (κ2) is 7.29. The summed E-state index contributed by atoms with van der Waals surface area (Å²) in [4.78, 5) is 13.9. The number of carbonyl (C=O) groups is 1. The van der Waals surface area contributed by atoms with Crippen molar-refractivity contribution in [2.24, 2.45) is 0 Å². The molecule has 0 spiro atoms. The van der Waals surface area contributed by atoms with Gasteiger partial charge in [-0.1, -0.05) is 30.7 Å². The number of amides is 1. The molecule has 0 bridgehead atoms. The first-order valence-electron chi connectivity index (χ1n) is 6.96. The Kier molecular flexibility index (Phi) is 6.03. The maximum absolute atomic E-state index is 11.8. The molecule has 0 radical (unpaired) electrons. The van der Waals surface area contributed by atoms with Gasteiger partial charge in [0.15, 0.2) is 0 Å². The summed E-state index contributed by atoms with van der Waals surface area (Å²) in [5.74, 6) is 0.0987. The molecule has 1 aromatic rings. The van der Waals surface area contributed by atoms with E-state index in [-0.39, 0.29) is 11.9 Å². The lowest BCUT2D eigenvalue weighted by Crippen LogP contribution is -2.39.